The van der Waals surface area contributed by atoms with E-state index < -0.39 is 0 Å². The van der Waals surface area contributed by atoms with Gasteiger partial charge in [-0.1, -0.05) is 0 Å². The third-order valence-electron chi connectivity index (χ3n) is 9.43. The third-order valence-corrected chi connectivity index (χ3v) is 9.43. The molecular weight excluding hydrogens is 3570 g/mol. The molecule has 4 heterocycles. The summed E-state index contributed by atoms with van der Waals surface area (Å²) >= 11 is 0. The molecule has 0 aromatic rings. The van der Waals surface area contributed by atoms with E-state index in [1.165, 1.54) is 0 Å². The predicted molar refractivity (Wildman–Crippen MR) is 464 cm³/mol. The first kappa shape index (κ1) is 217. The Morgan fingerprint density at radius 3 is 0.136 bits per heavy atom. The molecule has 56 heteroatoms. The van der Waals surface area contributed by atoms with Crippen LogP contribution < -0.4 is 34.4 Å². The minimum atomic E-state index is 0. The molecule has 80 radical (unpaired) electrons. The molecule has 0 bridgehead atoms. The van der Waals surface area contributed by atoms with Gasteiger partial charge in [0.05, 0.1) is 317 Å². The van der Waals surface area contributed by atoms with Crippen molar-refractivity contribution in [1.82, 2.24) is 0 Å². The third kappa shape index (κ3) is 233. The summed E-state index contributed by atoms with van der Waals surface area (Å²) in [5.41, 5.74) is 29.4. The molecule has 0 aromatic heterocycles. The summed E-state index contributed by atoms with van der Waals surface area (Å²) in [5.74, 6) is 0. The van der Waals surface area contributed by atoms with Gasteiger partial charge in [-0.2, -0.15) is 0 Å². The first-order valence-corrected chi connectivity index (χ1v) is 29.8. The average Bonchev–Trinajstić information content (AvgIpc) is 1.13. The van der Waals surface area contributed by atoms with Crippen molar-refractivity contribution in [2.24, 2.45) is 34.4 Å². The molecule has 0 aromatic carbocycles. The van der Waals surface area contributed by atoms with Gasteiger partial charge >= 0.3 is 0 Å². The largest absolute Gasteiger partial charge is 0.377 e. The van der Waals surface area contributed by atoms with Crippen molar-refractivity contribution >= 4 is 841 Å². The van der Waals surface area contributed by atoms with Crippen LogP contribution in [-0.2, 0) is 114 Å². The van der Waals surface area contributed by atoms with Crippen LogP contribution in [0.1, 0.15) is 0 Å². The van der Waals surface area contributed by atoms with E-state index in [1.807, 2.05) is 0 Å². The van der Waals surface area contributed by atoms with Crippen LogP contribution in [0.2, 0.25) is 0 Å². The summed E-state index contributed by atoms with van der Waals surface area (Å²) in [4.78, 5) is 0. The van der Waals surface area contributed by atoms with E-state index >= 15 is 0 Å². The molecule has 0 amide bonds. The fourth-order valence-corrected chi connectivity index (χ4v) is 5.28. The smallest absolute Gasteiger partial charge is 0.0701 e. The van der Waals surface area contributed by atoms with Crippen molar-refractivity contribution in [2.75, 3.05) is 356 Å². The molecule has 30 nitrogen and oxygen atoms in total. The van der Waals surface area contributed by atoms with Crippen LogP contribution in [0.25, 0.3) is 0 Å². The predicted octanol–water partition coefficient (Wildman–Crippen LogP) is -12.8. The van der Waals surface area contributed by atoms with Gasteiger partial charge in [-0.3, -0.25) is 0 Å². The zero-order chi connectivity index (χ0) is 61.2. The fourth-order valence-electron chi connectivity index (χ4n) is 5.28. The molecule has 4 rings (SSSR count). The number of nitrogens with two attached hydrogens (primary N) is 6. The zero-order valence-electron chi connectivity index (χ0n) is 68.4. The summed E-state index contributed by atoms with van der Waals surface area (Å²) in [6.07, 6.45) is 0. The van der Waals surface area contributed by atoms with Crippen LogP contribution in [0.5, 0.6) is 0 Å². The van der Waals surface area contributed by atoms with Crippen LogP contribution in [0.3, 0.4) is 0 Å². The molecule has 0 saturated carbocycles. The van der Waals surface area contributed by atoms with Gasteiger partial charge in [0.15, 0.2) is 0 Å². The quantitative estimate of drug-likeness (QED) is 0.143. The number of ether oxygens (including phenoxy) is 24. The van der Waals surface area contributed by atoms with Crippen molar-refractivity contribution in [3.63, 3.8) is 0 Å². The molecular formula is C54H120K8N6O24Sn18. The summed E-state index contributed by atoms with van der Waals surface area (Å²) < 4.78 is 128. The fraction of sp³-hybridized carbons (Fsp3) is 1.00. The molecule has 110 heavy (non-hydrogen) atoms. The van der Waals surface area contributed by atoms with Crippen molar-refractivity contribution in [3.05, 3.63) is 0 Å². The Balaban J connectivity index is -0.0000000260. The van der Waals surface area contributed by atoms with E-state index in [0.717, 1.165) is 0 Å². The summed E-state index contributed by atoms with van der Waals surface area (Å²) in [7, 11) is 0. The average molecular weight is 3690 g/mol. The Hall–Kier alpha value is 26.3. The second-order valence-corrected chi connectivity index (χ2v) is 16.4. The van der Waals surface area contributed by atoms with E-state index in [2.05, 4.69) is 0 Å². The Kier molecular flexibility index (Phi) is 442. The molecule has 0 atom stereocenters. The zero-order valence-corrected chi connectivity index (χ0v) is 145. The van der Waals surface area contributed by atoms with E-state index in [-0.39, 0.29) is 841 Å². The number of rotatable bonds is 3. The monoisotopic (exact) mass is 3710 g/mol. The second kappa shape index (κ2) is 224. The SMILES string of the molecule is C1COCCOCCOCCOCCOCCO1.C1COCCOCCOCCOCCOCCO1.C1COCCOCCOCCOCCOCCO1.C1COCCOCCOCCOCCOCCO1.NCCN.NCCN.NCCN.[K].[K].[K].[K].[K].[K].[K].[K].[Sn].[Sn].[Sn].[Sn].[Sn].[Sn].[Sn].[Sn].[Sn].[Sn].[Sn].[Sn].[Sn].[Sn].[Sn].[Sn].[Sn].[Sn]. The van der Waals surface area contributed by atoms with Crippen LogP contribution in [0.4, 0.5) is 0 Å². The van der Waals surface area contributed by atoms with Crippen molar-refractivity contribution in [1.29, 1.82) is 0 Å². The molecule has 0 spiro atoms. The molecule has 4 aliphatic rings. The molecule has 590 valence electrons. The Morgan fingerprint density at radius 1 is 0.0909 bits per heavy atom. The normalized spacial score (nSPS) is 16.5. The molecule has 0 aliphatic carbocycles. The number of hydrogen-bond donors (Lipinski definition) is 6. The number of hydrogen-bond acceptors (Lipinski definition) is 30. The first-order valence-electron chi connectivity index (χ1n) is 29.8. The molecule has 4 aliphatic heterocycles. The molecule has 4 saturated heterocycles. The van der Waals surface area contributed by atoms with Crippen LogP contribution >= 0.6 is 0 Å². The van der Waals surface area contributed by atoms with Gasteiger partial charge in [0, 0.05) is 881 Å². The maximum Gasteiger partial charge on any atom is 0.0701 e. The van der Waals surface area contributed by atoms with Gasteiger partial charge in [0.1, 0.15) is 0 Å². The molecule has 12 N–H and O–H groups in total. The van der Waals surface area contributed by atoms with Gasteiger partial charge in [0.25, 0.3) is 0 Å². The minimum Gasteiger partial charge on any atom is -0.377 e. The topological polar surface area (TPSA) is 378 Å². The Bertz CT molecular complexity index is 731. The molecule has 0 unspecified atom stereocenters. The van der Waals surface area contributed by atoms with Gasteiger partial charge in [-0.15, -0.1) is 0 Å². The van der Waals surface area contributed by atoms with Crippen LogP contribution in [0, 0.1) is 0 Å². The van der Waals surface area contributed by atoms with Crippen molar-refractivity contribution in [3.8, 4) is 0 Å². The summed E-state index contributed by atoms with van der Waals surface area (Å²) in [5, 5.41) is 0. The van der Waals surface area contributed by atoms with E-state index in [0.29, 0.717) is 356 Å². The van der Waals surface area contributed by atoms with Gasteiger partial charge in [0.2, 0.25) is 0 Å². The second-order valence-electron chi connectivity index (χ2n) is 16.4. The van der Waals surface area contributed by atoms with Crippen LogP contribution in [-0.4, -0.2) is 1200 Å². The molecule has 4 fully saturated rings. The summed E-state index contributed by atoms with van der Waals surface area (Å²) in [6, 6.07) is 0. The van der Waals surface area contributed by atoms with Crippen molar-refractivity contribution in [2.45, 2.75) is 0 Å². The van der Waals surface area contributed by atoms with Crippen LogP contribution in [0.15, 0.2) is 0 Å². The van der Waals surface area contributed by atoms with Crippen molar-refractivity contribution < 1.29 is 114 Å². The maximum atomic E-state index is 5.33. The minimum absolute atomic E-state index is 0. The van der Waals surface area contributed by atoms with Gasteiger partial charge < -0.3 is 148 Å². The van der Waals surface area contributed by atoms with Gasteiger partial charge in [-0.25, -0.2) is 0 Å². The standard InChI is InChI=1S/4C12H24O6.3C2H8N2.8K.18Sn/c4*1-2-14-5-6-16-9-10-18-12-11-17-8-7-15-4-3-13-1;3*3-1-2-4;;;;;;;;;;;;;;;;;;;;;;;;;;/h4*1-12H2;3*1-4H2;;;;;;;;;;;;;;;;;;;;;;;;;;. The van der Waals surface area contributed by atoms with E-state index in [4.69, 9.17) is 148 Å². The first-order chi connectivity index (χ1) is 41.7. The van der Waals surface area contributed by atoms with Gasteiger partial charge in [-0.05, 0) is 0 Å². The Morgan fingerprint density at radius 2 is 0.118 bits per heavy atom. The van der Waals surface area contributed by atoms with E-state index in [9.17, 15) is 0 Å². The Labute approximate surface area is 1310 Å². The van der Waals surface area contributed by atoms with E-state index in [1.54, 1.807) is 0 Å². The summed E-state index contributed by atoms with van der Waals surface area (Å²) in [6.45, 7) is 31.7. The maximum absolute atomic E-state index is 5.33.